The van der Waals surface area contributed by atoms with Gasteiger partial charge in [0.2, 0.25) is 5.83 Å². The van der Waals surface area contributed by atoms with E-state index in [-0.39, 0.29) is 12.6 Å². The van der Waals surface area contributed by atoms with Gasteiger partial charge in [-0.15, -0.1) is 0 Å². The summed E-state index contributed by atoms with van der Waals surface area (Å²) in [6, 6.07) is 1.84. The molecule has 2 heterocycles. The summed E-state index contributed by atoms with van der Waals surface area (Å²) < 4.78 is 18.1. The van der Waals surface area contributed by atoms with Crippen molar-refractivity contribution in [1.29, 1.82) is 0 Å². The highest BCUT2D eigenvalue weighted by molar-refractivity contribution is 6.33. The van der Waals surface area contributed by atoms with Crippen LogP contribution in [0.3, 0.4) is 0 Å². The Morgan fingerprint density at radius 2 is 2.50 bits per heavy atom. The van der Waals surface area contributed by atoms with Crippen LogP contribution in [0.15, 0.2) is 18.1 Å². The number of esters is 1. The normalized spacial score (nSPS) is 18.9. The predicted octanol–water partition coefficient (Wildman–Crippen LogP) is 2.77. The maximum Gasteiger partial charge on any atom is 0.367 e. The quantitative estimate of drug-likeness (QED) is 0.643. The number of piperidine rings is 1. The maximum atomic E-state index is 13.6. The Labute approximate surface area is 133 Å². The van der Waals surface area contributed by atoms with Gasteiger partial charge in [0.25, 0.3) is 0 Å². The molecule has 0 amide bonds. The molecule has 1 aliphatic heterocycles. The molecular formula is C15H19ClFN3O2. The second-order valence-electron chi connectivity index (χ2n) is 5.00. The van der Waals surface area contributed by atoms with Gasteiger partial charge in [-0.1, -0.05) is 11.6 Å². The first-order valence-electron chi connectivity index (χ1n) is 7.27. The van der Waals surface area contributed by atoms with Gasteiger partial charge in [-0.05, 0) is 44.0 Å². The van der Waals surface area contributed by atoms with Crippen LogP contribution in [0.1, 0.15) is 25.3 Å². The molecule has 1 aromatic rings. The lowest BCUT2D eigenvalue weighted by Crippen LogP contribution is -2.38. The minimum Gasteiger partial charge on any atom is -0.461 e. The minimum atomic E-state index is -0.992. The summed E-state index contributed by atoms with van der Waals surface area (Å²) >= 11 is 6.16. The van der Waals surface area contributed by atoms with E-state index in [0.717, 1.165) is 32.0 Å². The molecule has 7 heteroatoms. The second-order valence-corrected chi connectivity index (χ2v) is 5.41. The van der Waals surface area contributed by atoms with Crippen LogP contribution in [0.5, 0.6) is 0 Å². The van der Waals surface area contributed by atoms with E-state index < -0.39 is 11.8 Å². The van der Waals surface area contributed by atoms with Crippen molar-refractivity contribution in [2.24, 2.45) is 0 Å². The number of ether oxygens (including phenoxy) is 1. The summed E-state index contributed by atoms with van der Waals surface area (Å²) in [5, 5.41) is 6.94. The van der Waals surface area contributed by atoms with Crippen LogP contribution in [0.2, 0.25) is 5.02 Å². The monoisotopic (exact) mass is 327 g/mol. The van der Waals surface area contributed by atoms with Crippen LogP contribution in [-0.2, 0) is 9.53 Å². The predicted molar refractivity (Wildman–Crippen MR) is 84.5 cm³/mol. The standard InChI is InChI=1S/C15H19ClFN3O2/c1-2-22-15(21)13(17)7-10-6-12(16)14(19-8-10)20-11-4-3-5-18-9-11/h6-8,11,18H,2-5,9H2,1H3,(H,19,20)/b13-7-/t11-/m1/s1. The maximum absolute atomic E-state index is 13.6. The van der Waals surface area contributed by atoms with E-state index >= 15 is 0 Å². The van der Waals surface area contributed by atoms with Gasteiger partial charge >= 0.3 is 5.97 Å². The summed E-state index contributed by atoms with van der Waals surface area (Å²) in [5.41, 5.74) is 0.405. The van der Waals surface area contributed by atoms with Gasteiger partial charge in [0, 0.05) is 18.8 Å². The molecular weight excluding hydrogens is 309 g/mol. The molecule has 0 aliphatic carbocycles. The van der Waals surface area contributed by atoms with Gasteiger partial charge in [-0.25, -0.2) is 9.78 Å². The highest BCUT2D eigenvalue weighted by Gasteiger charge is 2.15. The molecule has 2 rings (SSSR count). The molecule has 0 spiro atoms. The number of carbonyl (C=O) groups is 1. The second kappa shape index (κ2) is 8.10. The van der Waals surface area contributed by atoms with E-state index in [4.69, 9.17) is 11.6 Å². The number of rotatable bonds is 5. The summed E-state index contributed by atoms with van der Waals surface area (Å²) in [4.78, 5) is 15.4. The molecule has 0 bridgehead atoms. The third-order valence-corrected chi connectivity index (χ3v) is 3.55. The van der Waals surface area contributed by atoms with E-state index in [2.05, 4.69) is 20.4 Å². The van der Waals surface area contributed by atoms with Gasteiger partial charge in [0.15, 0.2) is 0 Å². The Morgan fingerprint density at radius 1 is 1.68 bits per heavy atom. The highest BCUT2D eigenvalue weighted by atomic mass is 35.5. The lowest BCUT2D eigenvalue weighted by Gasteiger charge is -2.24. The lowest BCUT2D eigenvalue weighted by atomic mass is 10.1. The molecule has 1 aliphatic rings. The first-order valence-corrected chi connectivity index (χ1v) is 7.65. The topological polar surface area (TPSA) is 63.2 Å². The first kappa shape index (κ1) is 16.7. The smallest absolute Gasteiger partial charge is 0.367 e. The largest absolute Gasteiger partial charge is 0.461 e. The van der Waals surface area contributed by atoms with Gasteiger partial charge in [0.05, 0.1) is 11.6 Å². The zero-order valence-corrected chi connectivity index (χ0v) is 13.1. The SMILES string of the molecule is CCOC(=O)/C(F)=C/c1cnc(N[C@@H]2CCCNC2)c(Cl)c1. The molecule has 2 N–H and O–H groups in total. The van der Waals surface area contributed by atoms with Crippen LogP contribution in [0.4, 0.5) is 10.2 Å². The number of pyridine rings is 1. The minimum absolute atomic E-state index is 0.122. The van der Waals surface area contributed by atoms with Gasteiger partial charge in [-0.3, -0.25) is 0 Å². The molecule has 120 valence electrons. The molecule has 0 aromatic carbocycles. The van der Waals surface area contributed by atoms with Crippen LogP contribution >= 0.6 is 11.6 Å². The Balaban J connectivity index is 2.05. The zero-order chi connectivity index (χ0) is 15.9. The van der Waals surface area contributed by atoms with Gasteiger partial charge in [-0.2, -0.15) is 4.39 Å². The molecule has 0 radical (unpaired) electrons. The molecule has 1 fully saturated rings. The van der Waals surface area contributed by atoms with Crippen LogP contribution in [0.25, 0.3) is 6.08 Å². The molecule has 0 saturated carbocycles. The fraction of sp³-hybridized carbons (Fsp3) is 0.467. The van der Waals surface area contributed by atoms with Crippen LogP contribution in [0, 0.1) is 0 Å². The number of nitrogens with one attached hydrogen (secondary N) is 2. The van der Waals surface area contributed by atoms with Crippen LogP contribution < -0.4 is 10.6 Å². The number of hydrogen-bond donors (Lipinski definition) is 2. The Kier molecular flexibility index (Phi) is 6.15. The van der Waals surface area contributed by atoms with E-state index in [0.29, 0.717) is 16.4 Å². The summed E-state index contributed by atoms with van der Waals surface area (Å²) in [6.07, 6.45) is 4.66. The van der Waals surface area contributed by atoms with Crippen molar-refractivity contribution in [2.45, 2.75) is 25.8 Å². The third kappa shape index (κ3) is 4.68. The Bertz CT molecular complexity index is 560. The van der Waals surface area contributed by atoms with Crippen molar-refractivity contribution in [2.75, 3.05) is 25.0 Å². The molecule has 1 atom stereocenters. The zero-order valence-electron chi connectivity index (χ0n) is 12.4. The van der Waals surface area contributed by atoms with E-state index in [9.17, 15) is 9.18 Å². The van der Waals surface area contributed by atoms with Crippen molar-refractivity contribution in [3.8, 4) is 0 Å². The van der Waals surface area contributed by atoms with Crippen molar-refractivity contribution >= 4 is 29.5 Å². The molecule has 22 heavy (non-hydrogen) atoms. The average Bonchev–Trinajstić information content (AvgIpc) is 2.51. The molecule has 5 nitrogen and oxygen atoms in total. The van der Waals surface area contributed by atoms with Gasteiger partial charge < -0.3 is 15.4 Å². The number of anilines is 1. The van der Waals surface area contributed by atoms with Crippen molar-refractivity contribution in [3.63, 3.8) is 0 Å². The van der Waals surface area contributed by atoms with Gasteiger partial charge in [0.1, 0.15) is 5.82 Å². The highest BCUT2D eigenvalue weighted by Crippen LogP contribution is 2.23. The Hall–Kier alpha value is -1.66. The van der Waals surface area contributed by atoms with E-state index in [1.165, 1.54) is 6.20 Å². The average molecular weight is 328 g/mol. The summed E-state index contributed by atoms with van der Waals surface area (Å²) in [5.74, 6) is -1.41. The fourth-order valence-corrected chi connectivity index (χ4v) is 2.44. The number of aromatic nitrogens is 1. The summed E-state index contributed by atoms with van der Waals surface area (Å²) in [6.45, 7) is 3.62. The van der Waals surface area contributed by atoms with Crippen molar-refractivity contribution in [3.05, 3.63) is 28.7 Å². The molecule has 1 saturated heterocycles. The van der Waals surface area contributed by atoms with Crippen LogP contribution in [-0.4, -0.2) is 36.7 Å². The molecule has 1 aromatic heterocycles. The lowest BCUT2D eigenvalue weighted by molar-refractivity contribution is -0.140. The molecule has 0 unspecified atom stereocenters. The first-order chi connectivity index (χ1) is 10.6. The number of carbonyl (C=O) groups excluding carboxylic acids is 1. The number of halogens is 2. The number of hydrogen-bond acceptors (Lipinski definition) is 5. The summed E-state index contributed by atoms with van der Waals surface area (Å²) in [7, 11) is 0. The van der Waals surface area contributed by atoms with Crippen molar-refractivity contribution < 1.29 is 13.9 Å². The fourth-order valence-electron chi connectivity index (χ4n) is 2.21. The van der Waals surface area contributed by atoms with Crippen molar-refractivity contribution in [1.82, 2.24) is 10.3 Å². The third-order valence-electron chi connectivity index (χ3n) is 3.26. The Morgan fingerprint density at radius 3 is 3.14 bits per heavy atom. The van der Waals surface area contributed by atoms with E-state index in [1.54, 1.807) is 13.0 Å². The van der Waals surface area contributed by atoms with E-state index in [1.807, 2.05) is 0 Å². The number of nitrogens with zero attached hydrogens (tertiary/aromatic N) is 1.